The third-order valence-corrected chi connectivity index (χ3v) is 4.95. The zero-order chi connectivity index (χ0) is 14.7. The number of hydrogen-bond acceptors (Lipinski definition) is 2. The van der Waals surface area contributed by atoms with Crippen LogP contribution in [-0.2, 0) is 4.79 Å². The zero-order valence-electron chi connectivity index (χ0n) is 11.9. The number of anilines is 1. The number of halogens is 2. The number of rotatable bonds is 3. The van der Waals surface area contributed by atoms with Crippen molar-refractivity contribution in [1.29, 1.82) is 0 Å². The van der Waals surface area contributed by atoms with E-state index in [1.54, 1.807) is 0 Å². The molecule has 0 unspecified atom stereocenters. The van der Waals surface area contributed by atoms with E-state index in [9.17, 15) is 4.79 Å². The van der Waals surface area contributed by atoms with Crippen molar-refractivity contribution in [3.05, 3.63) is 26.6 Å². The molecule has 3 nitrogen and oxygen atoms in total. The summed E-state index contributed by atoms with van der Waals surface area (Å²) in [5.74, 6) is 0.833. The van der Waals surface area contributed by atoms with Gasteiger partial charge in [-0.1, -0.05) is 6.92 Å². The van der Waals surface area contributed by atoms with Crippen molar-refractivity contribution in [3.63, 3.8) is 0 Å². The molecule has 0 spiro atoms. The molecule has 1 amide bonds. The lowest BCUT2D eigenvalue weighted by Crippen LogP contribution is -2.38. The maximum Gasteiger partial charge on any atom is 0.238 e. The summed E-state index contributed by atoms with van der Waals surface area (Å²) in [6.45, 7) is 6.81. The van der Waals surface area contributed by atoms with E-state index in [4.69, 9.17) is 0 Å². The van der Waals surface area contributed by atoms with E-state index < -0.39 is 0 Å². The highest BCUT2D eigenvalue weighted by Gasteiger charge is 2.18. The molecule has 1 fully saturated rings. The summed E-state index contributed by atoms with van der Waals surface area (Å²) < 4.78 is 1.81. The van der Waals surface area contributed by atoms with Crippen LogP contribution in [0.4, 0.5) is 5.69 Å². The van der Waals surface area contributed by atoms with Crippen LogP contribution in [0.2, 0.25) is 0 Å². The van der Waals surface area contributed by atoms with Gasteiger partial charge in [0.2, 0.25) is 5.91 Å². The second-order valence-electron chi connectivity index (χ2n) is 5.61. The molecule has 1 aromatic carbocycles. The molecule has 0 radical (unpaired) electrons. The molecule has 1 heterocycles. The van der Waals surface area contributed by atoms with E-state index in [0.717, 1.165) is 39.2 Å². The summed E-state index contributed by atoms with van der Waals surface area (Å²) >= 11 is 7.00. The monoisotopic (exact) mass is 402 g/mol. The fourth-order valence-corrected chi connectivity index (χ4v) is 4.04. The van der Waals surface area contributed by atoms with E-state index in [2.05, 4.69) is 49.0 Å². The van der Waals surface area contributed by atoms with E-state index in [0.29, 0.717) is 6.54 Å². The Morgan fingerprint density at radius 3 is 2.40 bits per heavy atom. The van der Waals surface area contributed by atoms with Crippen molar-refractivity contribution < 1.29 is 4.79 Å². The summed E-state index contributed by atoms with van der Waals surface area (Å²) in [7, 11) is 0. The predicted molar refractivity (Wildman–Crippen MR) is 90.0 cm³/mol. The van der Waals surface area contributed by atoms with Gasteiger partial charge in [0.1, 0.15) is 0 Å². The van der Waals surface area contributed by atoms with Gasteiger partial charge in [-0.05, 0) is 88.3 Å². The van der Waals surface area contributed by atoms with Crippen LogP contribution in [0.1, 0.15) is 25.3 Å². The average Bonchev–Trinajstić information content (AvgIpc) is 2.36. The Kier molecular flexibility index (Phi) is 5.64. The van der Waals surface area contributed by atoms with Gasteiger partial charge >= 0.3 is 0 Å². The Balaban J connectivity index is 1.95. The highest BCUT2D eigenvalue weighted by Crippen LogP contribution is 2.32. The standard InChI is InChI=1S/C15H20Br2N2O/c1-10-3-5-19(6-4-10)9-14(20)18-15-12(16)7-11(2)8-13(15)17/h7-8,10H,3-6,9H2,1-2H3,(H,18,20). The first-order valence-corrected chi connectivity index (χ1v) is 8.52. The summed E-state index contributed by atoms with van der Waals surface area (Å²) in [6, 6.07) is 4.01. The molecular formula is C15H20Br2N2O. The summed E-state index contributed by atoms with van der Waals surface area (Å²) in [6.07, 6.45) is 2.37. The molecule has 1 aliphatic heterocycles. The van der Waals surface area contributed by atoms with Crippen LogP contribution < -0.4 is 5.32 Å². The number of hydrogen-bond donors (Lipinski definition) is 1. The van der Waals surface area contributed by atoms with Gasteiger partial charge in [0.25, 0.3) is 0 Å². The third-order valence-electron chi connectivity index (χ3n) is 3.69. The molecule has 0 bridgehead atoms. The molecule has 1 aliphatic rings. The highest BCUT2D eigenvalue weighted by molar-refractivity contribution is 9.11. The topological polar surface area (TPSA) is 32.3 Å². The number of carbonyl (C=O) groups excluding carboxylic acids is 1. The first-order valence-electron chi connectivity index (χ1n) is 6.93. The van der Waals surface area contributed by atoms with Crippen LogP contribution in [0.15, 0.2) is 21.1 Å². The van der Waals surface area contributed by atoms with Crippen molar-refractivity contribution in [2.24, 2.45) is 5.92 Å². The number of aryl methyl sites for hydroxylation is 1. The van der Waals surface area contributed by atoms with Crippen molar-refractivity contribution >= 4 is 43.5 Å². The first kappa shape index (κ1) is 16.0. The lowest BCUT2D eigenvalue weighted by molar-refractivity contribution is -0.117. The molecular weight excluding hydrogens is 384 g/mol. The predicted octanol–water partition coefficient (Wildman–Crippen LogP) is 4.19. The summed E-state index contributed by atoms with van der Waals surface area (Å²) in [5, 5.41) is 2.99. The number of nitrogens with zero attached hydrogens (tertiary/aromatic N) is 1. The van der Waals surface area contributed by atoms with Crippen molar-refractivity contribution in [3.8, 4) is 0 Å². The number of amides is 1. The van der Waals surface area contributed by atoms with Gasteiger partial charge < -0.3 is 5.32 Å². The molecule has 1 saturated heterocycles. The number of benzene rings is 1. The minimum absolute atomic E-state index is 0.0461. The maximum atomic E-state index is 12.2. The van der Waals surface area contributed by atoms with Gasteiger partial charge in [0.05, 0.1) is 12.2 Å². The second-order valence-corrected chi connectivity index (χ2v) is 7.32. The smallest absolute Gasteiger partial charge is 0.238 e. The molecule has 0 aromatic heterocycles. The lowest BCUT2D eigenvalue weighted by Gasteiger charge is -2.29. The molecule has 5 heteroatoms. The molecule has 0 saturated carbocycles. The molecule has 0 aliphatic carbocycles. The Bertz CT molecular complexity index is 474. The van der Waals surface area contributed by atoms with Crippen molar-refractivity contribution in [1.82, 2.24) is 4.90 Å². The number of carbonyl (C=O) groups is 1. The Morgan fingerprint density at radius 1 is 1.30 bits per heavy atom. The zero-order valence-corrected chi connectivity index (χ0v) is 15.1. The van der Waals surface area contributed by atoms with Gasteiger partial charge in [0, 0.05) is 8.95 Å². The molecule has 2 rings (SSSR count). The van der Waals surface area contributed by atoms with Gasteiger partial charge in [-0.25, -0.2) is 0 Å². The van der Waals surface area contributed by atoms with Crippen LogP contribution in [0.5, 0.6) is 0 Å². The largest absolute Gasteiger partial charge is 0.323 e. The molecule has 110 valence electrons. The van der Waals surface area contributed by atoms with Gasteiger partial charge in [-0.2, -0.15) is 0 Å². The van der Waals surface area contributed by atoms with Crippen LogP contribution in [0.3, 0.4) is 0 Å². The number of likely N-dealkylation sites (tertiary alicyclic amines) is 1. The van der Waals surface area contributed by atoms with Crippen LogP contribution in [-0.4, -0.2) is 30.4 Å². The molecule has 20 heavy (non-hydrogen) atoms. The first-order chi connectivity index (χ1) is 9.45. The lowest BCUT2D eigenvalue weighted by atomic mass is 9.99. The average molecular weight is 404 g/mol. The fraction of sp³-hybridized carbons (Fsp3) is 0.533. The van der Waals surface area contributed by atoms with Gasteiger partial charge in [0.15, 0.2) is 0 Å². The quantitative estimate of drug-likeness (QED) is 0.820. The molecule has 0 atom stereocenters. The molecule has 1 aromatic rings. The Hall–Kier alpha value is -0.390. The van der Waals surface area contributed by atoms with Gasteiger partial charge in [-0.15, -0.1) is 0 Å². The Morgan fingerprint density at radius 2 is 1.85 bits per heavy atom. The van der Waals surface area contributed by atoms with Crippen LogP contribution >= 0.6 is 31.9 Å². The van der Waals surface area contributed by atoms with E-state index >= 15 is 0 Å². The number of nitrogens with one attached hydrogen (secondary N) is 1. The van der Waals surface area contributed by atoms with Crippen molar-refractivity contribution in [2.45, 2.75) is 26.7 Å². The highest BCUT2D eigenvalue weighted by atomic mass is 79.9. The normalized spacial score (nSPS) is 17.2. The maximum absolute atomic E-state index is 12.2. The van der Waals surface area contributed by atoms with Crippen molar-refractivity contribution in [2.75, 3.05) is 25.0 Å². The SMILES string of the molecule is Cc1cc(Br)c(NC(=O)CN2CCC(C)CC2)c(Br)c1. The second kappa shape index (κ2) is 7.05. The van der Waals surface area contributed by atoms with E-state index in [1.807, 2.05) is 19.1 Å². The minimum atomic E-state index is 0.0461. The van der Waals surface area contributed by atoms with Crippen LogP contribution in [0.25, 0.3) is 0 Å². The third kappa shape index (κ3) is 4.30. The van der Waals surface area contributed by atoms with E-state index in [1.165, 1.54) is 12.8 Å². The summed E-state index contributed by atoms with van der Waals surface area (Å²) in [5.41, 5.74) is 1.96. The molecule has 1 N–H and O–H groups in total. The fourth-order valence-electron chi connectivity index (χ4n) is 2.42. The number of piperidine rings is 1. The summed E-state index contributed by atoms with van der Waals surface area (Å²) in [4.78, 5) is 14.4. The van der Waals surface area contributed by atoms with Crippen LogP contribution in [0, 0.1) is 12.8 Å². The Labute approximate surface area is 137 Å². The van der Waals surface area contributed by atoms with Gasteiger partial charge in [-0.3, -0.25) is 9.69 Å². The van der Waals surface area contributed by atoms with E-state index in [-0.39, 0.29) is 5.91 Å². The minimum Gasteiger partial charge on any atom is -0.323 e.